The topological polar surface area (TPSA) is 67.8 Å². The highest BCUT2D eigenvalue weighted by molar-refractivity contribution is 9.10. The Labute approximate surface area is 185 Å². The summed E-state index contributed by atoms with van der Waals surface area (Å²) in [6.45, 7) is 0. The molecule has 0 radical (unpaired) electrons. The van der Waals surface area contributed by atoms with Gasteiger partial charge in [-0.1, -0.05) is 45.2 Å². The molecule has 0 fully saturated rings. The maximum atomic E-state index is 12.2. The Morgan fingerprint density at radius 1 is 1.00 bits per heavy atom. The smallest absolute Gasteiger partial charge is 0.345 e. The fourth-order valence-corrected chi connectivity index (χ4v) is 3.18. The quantitative estimate of drug-likeness (QED) is 0.214. The average molecular weight is 492 g/mol. The molecule has 1 amide bonds. The molecule has 0 bridgehead atoms. The molecule has 0 saturated carbocycles. The van der Waals surface area contributed by atoms with Crippen molar-refractivity contribution in [2.24, 2.45) is 5.10 Å². The van der Waals surface area contributed by atoms with E-state index in [4.69, 9.17) is 27.9 Å². The molecule has 0 aromatic heterocycles. The zero-order chi connectivity index (χ0) is 20.8. The summed E-state index contributed by atoms with van der Waals surface area (Å²) in [5.41, 5.74) is 3.87. The number of ether oxygens (including phenoxy) is 1. The second-order valence-corrected chi connectivity index (χ2v) is 7.55. The number of carbonyl (C=O) groups is 2. The van der Waals surface area contributed by atoms with Gasteiger partial charge in [-0.2, -0.15) is 5.10 Å². The number of hydrazone groups is 1. The van der Waals surface area contributed by atoms with Gasteiger partial charge in [-0.15, -0.1) is 0 Å². The van der Waals surface area contributed by atoms with Crippen LogP contribution in [0.4, 0.5) is 0 Å². The van der Waals surface area contributed by atoms with E-state index < -0.39 is 5.97 Å². The van der Waals surface area contributed by atoms with Gasteiger partial charge in [0.1, 0.15) is 5.75 Å². The van der Waals surface area contributed by atoms with Gasteiger partial charge in [0.25, 0.3) is 5.91 Å². The highest BCUT2D eigenvalue weighted by Crippen LogP contribution is 2.23. The first kappa shape index (κ1) is 21.0. The molecule has 0 atom stereocenters. The molecule has 8 heteroatoms. The van der Waals surface area contributed by atoms with Crippen LogP contribution in [-0.4, -0.2) is 18.1 Å². The summed E-state index contributed by atoms with van der Waals surface area (Å²) in [6, 6.07) is 18.1. The zero-order valence-electron chi connectivity index (χ0n) is 14.7. The van der Waals surface area contributed by atoms with Crippen LogP contribution in [0, 0.1) is 0 Å². The van der Waals surface area contributed by atoms with Crippen molar-refractivity contribution < 1.29 is 14.3 Å². The van der Waals surface area contributed by atoms with Crippen LogP contribution in [0.25, 0.3) is 0 Å². The molecule has 0 spiro atoms. The van der Waals surface area contributed by atoms with Gasteiger partial charge >= 0.3 is 5.97 Å². The fourth-order valence-electron chi connectivity index (χ4n) is 2.30. The first-order valence-electron chi connectivity index (χ1n) is 8.28. The Kier molecular flexibility index (Phi) is 7.04. The Morgan fingerprint density at radius 2 is 1.76 bits per heavy atom. The number of nitrogens with one attached hydrogen (secondary N) is 1. The minimum atomic E-state index is -0.589. The normalized spacial score (nSPS) is 10.7. The van der Waals surface area contributed by atoms with Gasteiger partial charge in [0, 0.05) is 15.1 Å². The SMILES string of the molecule is O=C(N/N=C/c1ccc(OC(=O)c2ccc(Cl)cc2Cl)cc1)c1cccc(Br)c1. The lowest BCUT2D eigenvalue weighted by Crippen LogP contribution is -2.17. The Morgan fingerprint density at radius 3 is 2.45 bits per heavy atom. The summed E-state index contributed by atoms with van der Waals surface area (Å²) in [7, 11) is 0. The molecule has 5 nitrogen and oxygen atoms in total. The van der Waals surface area contributed by atoms with Crippen LogP contribution >= 0.6 is 39.1 Å². The number of rotatable bonds is 5. The summed E-state index contributed by atoms with van der Waals surface area (Å²) in [5, 5.41) is 4.58. The second-order valence-electron chi connectivity index (χ2n) is 5.79. The molecular weight excluding hydrogens is 479 g/mol. The number of carbonyl (C=O) groups excluding carboxylic acids is 2. The van der Waals surface area contributed by atoms with Gasteiger partial charge in [0.05, 0.1) is 16.8 Å². The molecule has 0 saturated heterocycles. The van der Waals surface area contributed by atoms with Crippen molar-refractivity contribution in [1.82, 2.24) is 5.43 Å². The van der Waals surface area contributed by atoms with E-state index in [0.717, 1.165) is 4.47 Å². The number of nitrogens with zero attached hydrogens (tertiary/aromatic N) is 1. The molecule has 0 aliphatic carbocycles. The van der Waals surface area contributed by atoms with E-state index in [2.05, 4.69) is 26.5 Å². The van der Waals surface area contributed by atoms with Crippen LogP contribution in [0.3, 0.4) is 0 Å². The summed E-state index contributed by atoms with van der Waals surface area (Å²) < 4.78 is 6.11. The third-order valence-corrected chi connectivity index (χ3v) is 4.75. The molecular formula is C21H13BrCl2N2O3. The van der Waals surface area contributed by atoms with Crippen molar-refractivity contribution in [3.05, 3.63) is 97.9 Å². The minimum absolute atomic E-state index is 0.215. The van der Waals surface area contributed by atoms with Crippen LogP contribution in [0.1, 0.15) is 26.3 Å². The maximum absolute atomic E-state index is 12.2. The summed E-state index contributed by atoms with van der Waals surface area (Å²) in [5.74, 6) is -0.571. The fraction of sp³-hybridized carbons (Fsp3) is 0. The molecule has 0 aliphatic heterocycles. The minimum Gasteiger partial charge on any atom is -0.423 e. The average Bonchev–Trinajstić information content (AvgIpc) is 2.69. The van der Waals surface area contributed by atoms with Crippen molar-refractivity contribution in [3.63, 3.8) is 0 Å². The highest BCUT2D eigenvalue weighted by Gasteiger charge is 2.13. The summed E-state index contributed by atoms with van der Waals surface area (Å²) >= 11 is 15.2. The van der Waals surface area contributed by atoms with Crippen LogP contribution in [0.5, 0.6) is 5.75 Å². The molecule has 0 unspecified atom stereocenters. The van der Waals surface area contributed by atoms with E-state index in [1.807, 2.05) is 6.07 Å². The lowest BCUT2D eigenvalue weighted by Gasteiger charge is -2.06. The Balaban J connectivity index is 1.59. The molecule has 0 aliphatic rings. The van der Waals surface area contributed by atoms with Crippen LogP contribution in [0.15, 0.2) is 76.3 Å². The maximum Gasteiger partial charge on any atom is 0.345 e. The summed E-state index contributed by atoms with van der Waals surface area (Å²) in [4.78, 5) is 24.2. The third-order valence-electron chi connectivity index (χ3n) is 3.71. The van der Waals surface area contributed by atoms with Crippen molar-refractivity contribution in [3.8, 4) is 5.75 Å². The second kappa shape index (κ2) is 9.69. The molecule has 1 N–H and O–H groups in total. The van der Waals surface area contributed by atoms with Crippen molar-refractivity contribution >= 4 is 57.2 Å². The lowest BCUT2D eigenvalue weighted by molar-refractivity contribution is 0.0734. The van der Waals surface area contributed by atoms with E-state index in [0.29, 0.717) is 21.9 Å². The number of halogens is 3. The zero-order valence-corrected chi connectivity index (χ0v) is 17.8. The number of benzene rings is 3. The van der Waals surface area contributed by atoms with Gasteiger partial charge in [0.15, 0.2) is 0 Å². The predicted molar refractivity (Wildman–Crippen MR) is 117 cm³/mol. The molecule has 3 aromatic rings. The van der Waals surface area contributed by atoms with Gasteiger partial charge < -0.3 is 4.74 Å². The van der Waals surface area contributed by atoms with E-state index in [1.165, 1.54) is 18.3 Å². The summed E-state index contributed by atoms with van der Waals surface area (Å²) in [6.07, 6.45) is 1.48. The van der Waals surface area contributed by atoms with Gasteiger partial charge in [-0.05, 0) is 66.2 Å². The van der Waals surface area contributed by atoms with Crippen LogP contribution < -0.4 is 10.2 Å². The lowest BCUT2D eigenvalue weighted by atomic mass is 10.2. The van der Waals surface area contributed by atoms with Crippen molar-refractivity contribution in [2.45, 2.75) is 0 Å². The van der Waals surface area contributed by atoms with E-state index in [1.54, 1.807) is 48.5 Å². The number of hydrogen-bond donors (Lipinski definition) is 1. The van der Waals surface area contributed by atoms with Crippen LogP contribution in [-0.2, 0) is 0 Å². The van der Waals surface area contributed by atoms with Crippen molar-refractivity contribution in [2.75, 3.05) is 0 Å². The standard InChI is InChI=1S/C21H13BrCl2N2O3/c22-15-3-1-2-14(10-15)20(27)26-25-12-13-4-7-17(8-5-13)29-21(28)18-9-6-16(23)11-19(18)24/h1-12H,(H,26,27)/b25-12+. The van der Waals surface area contributed by atoms with E-state index >= 15 is 0 Å². The highest BCUT2D eigenvalue weighted by atomic mass is 79.9. The number of hydrogen-bond acceptors (Lipinski definition) is 4. The monoisotopic (exact) mass is 490 g/mol. The largest absolute Gasteiger partial charge is 0.423 e. The first-order valence-corrected chi connectivity index (χ1v) is 9.83. The molecule has 3 aromatic carbocycles. The van der Waals surface area contributed by atoms with Gasteiger partial charge in [0.2, 0.25) is 0 Å². The Bertz CT molecular complexity index is 1090. The van der Waals surface area contributed by atoms with Gasteiger partial charge in [-0.25, -0.2) is 10.2 Å². The van der Waals surface area contributed by atoms with Crippen LogP contribution in [0.2, 0.25) is 10.0 Å². The van der Waals surface area contributed by atoms with Crippen molar-refractivity contribution in [1.29, 1.82) is 0 Å². The molecule has 0 heterocycles. The molecule has 29 heavy (non-hydrogen) atoms. The van der Waals surface area contributed by atoms with E-state index in [9.17, 15) is 9.59 Å². The number of amides is 1. The first-order chi connectivity index (χ1) is 13.9. The number of esters is 1. The van der Waals surface area contributed by atoms with Gasteiger partial charge in [-0.3, -0.25) is 4.79 Å². The third kappa shape index (κ3) is 5.90. The predicted octanol–water partition coefficient (Wildman–Crippen LogP) is 5.74. The molecule has 146 valence electrons. The Hall–Kier alpha value is -2.67. The molecule has 3 rings (SSSR count). The van der Waals surface area contributed by atoms with E-state index in [-0.39, 0.29) is 16.5 Å².